The molecule has 0 radical (unpaired) electrons. The lowest BCUT2D eigenvalue weighted by atomic mass is 10.2. The molecular weight excluding hydrogens is 322 g/mol. The molecule has 1 aromatic heterocycles. The Balaban J connectivity index is 1.26. The van der Waals surface area contributed by atoms with Gasteiger partial charge in [0.05, 0.1) is 19.8 Å². The minimum atomic E-state index is -0.0385. The van der Waals surface area contributed by atoms with Crippen molar-refractivity contribution in [3.05, 3.63) is 17.5 Å². The number of carbonyl (C=O) groups is 2. The van der Waals surface area contributed by atoms with Crippen molar-refractivity contribution >= 4 is 11.8 Å². The lowest BCUT2D eigenvalue weighted by molar-refractivity contribution is -0.134. The summed E-state index contributed by atoms with van der Waals surface area (Å²) in [4.78, 5) is 30.8. The Bertz CT molecular complexity index is 628. The van der Waals surface area contributed by atoms with Crippen LogP contribution in [0.15, 0.2) is 6.07 Å². The standard InChI is InChI=1S/C17H25N5O3/c23-16(12-20-7-9-25-10-8-20)21-3-5-22(6-4-21)17(24)15-11-14(18-19-15)13-1-2-13/h11,13H,1-10,12H2,(H,18,19). The van der Waals surface area contributed by atoms with Gasteiger partial charge in [-0.1, -0.05) is 0 Å². The number of carbonyl (C=O) groups excluding carboxylic acids is 2. The molecule has 1 aliphatic carbocycles. The summed E-state index contributed by atoms with van der Waals surface area (Å²) in [6.07, 6.45) is 2.36. The van der Waals surface area contributed by atoms with Crippen LogP contribution in [-0.4, -0.2) is 95.7 Å². The maximum Gasteiger partial charge on any atom is 0.274 e. The van der Waals surface area contributed by atoms with Gasteiger partial charge < -0.3 is 14.5 Å². The van der Waals surface area contributed by atoms with Crippen LogP contribution in [0.3, 0.4) is 0 Å². The van der Waals surface area contributed by atoms with E-state index in [2.05, 4.69) is 15.1 Å². The first-order valence-electron chi connectivity index (χ1n) is 9.13. The highest BCUT2D eigenvalue weighted by Crippen LogP contribution is 2.39. The van der Waals surface area contributed by atoms with Gasteiger partial charge >= 0.3 is 0 Å². The third-order valence-corrected chi connectivity index (χ3v) is 5.22. The second-order valence-corrected chi connectivity index (χ2v) is 7.04. The van der Waals surface area contributed by atoms with E-state index in [0.717, 1.165) is 18.8 Å². The number of nitrogens with zero attached hydrogens (tertiary/aromatic N) is 4. The number of aromatic nitrogens is 2. The fourth-order valence-corrected chi connectivity index (χ4v) is 3.42. The van der Waals surface area contributed by atoms with E-state index in [1.807, 2.05) is 11.0 Å². The predicted molar refractivity (Wildman–Crippen MR) is 90.3 cm³/mol. The molecule has 8 heteroatoms. The summed E-state index contributed by atoms with van der Waals surface area (Å²) in [7, 11) is 0. The summed E-state index contributed by atoms with van der Waals surface area (Å²) in [6.45, 7) is 5.78. The van der Waals surface area contributed by atoms with E-state index in [-0.39, 0.29) is 11.8 Å². The molecular formula is C17H25N5O3. The highest BCUT2D eigenvalue weighted by atomic mass is 16.5. The molecule has 1 saturated carbocycles. The molecule has 0 aromatic carbocycles. The van der Waals surface area contributed by atoms with Crippen molar-refractivity contribution < 1.29 is 14.3 Å². The summed E-state index contributed by atoms with van der Waals surface area (Å²) in [6, 6.07) is 1.88. The van der Waals surface area contributed by atoms with E-state index in [0.29, 0.717) is 57.5 Å². The number of hydrogen-bond donors (Lipinski definition) is 1. The Morgan fingerprint density at radius 1 is 1.08 bits per heavy atom. The average Bonchev–Trinajstić information content (AvgIpc) is 3.39. The van der Waals surface area contributed by atoms with E-state index in [1.165, 1.54) is 12.8 Å². The van der Waals surface area contributed by atoms with Crippen molar-refractivity contribution in [2.24, 2.45) is 0 Å². The van der Waals surface area contributed by atoms with E-state index in [4.69, 9.17) is 4.74 Å². The Morgan fingerprint density at radius 2 is 1.76 bits per heavy atom. The number of aromatic amines is 1. The van der Waals surface area contributed by atoms with Gasteiger partial charge in [0.25, 0.3) is 5.91 Å². The first kappa shape index (κ1) is 16.5. The van der Waals surface area contributed by atoms with Gasteiger partial charge in [-0.25, -0.2) is 0 Å². The fraction of sp³-hybridized carbons (Fsp3) is 0.706. The highest BCUT2D eigenvalue weighted by molar-refractivity contribution is 5.92. The van der Waals surface area contributed by atoms with E-state index >= 15 is 0 Å². The monoisotopic (exact) mass is 347 g/mol. The zero-order valence-electron chi connectivity index (χ0n) is 14.4. The first-order chi connectivity index (χ1) is 12.2. The third kappa shape index (κ3) is 3.85. The summed E-state index contributed by atoms with van der Waals surface area (Å²) in [5.74, 6) is 0.664. The van der Waals surface area contributed by atoms with E-state index in [1.54, 1.807) is 4.90 Å². The fourth-order valence-electron chi connectivity index (χ4n) is 3.42. The number of ether oxygens (including phenoxy) is 1. The van der Waals surface area contributed by atoms with Crippen molar-refractivity contribution in [3.63, 3.8) is 0 Å². The third-order valence-electron chi connectivity index (χ3n) is 5.22. The maximum absolute atomic E-state index is 12.6. The molecule has 0 spiro atoms. The number of piperazine rings is 1. The average molecular weight is 347 g/mol. The number of morpholine rings is 1. The Morgan fingerprint density at radius 3 is 2.44 bits per heavy atom. The van der Waals surface area contributed by atoms with Crippen molar-refractivity contribution in [2.45, 2.75) is 18.8 Å². The van der Waals surface area contributed by atoms with E-state index < -0.39 is 0 Å². The van der Waals surface area contributed by atoms with Gasteiger partial charge in [0, 0.05) is 50.9 Å². The second-order valence-electron chi connectivity index (χ2n) is 7.04. The Labute approximate surface area is 147 Å². The van der Waals surface area contributed by atoms with Crippen molar-refractivity contribution in [1.82, 2.24) is 24.9 Å². The molecule has 4 rings (SSSR count). The molecule has 3 aliphatic rings. The largest absolute Gasteiger partial charge is 0.379 e. The summed E-state index contributed by atoms with van der Waals surface area (Å²) in [5.41, 5.74) is 1.57. The van der Waals surface area contributed by atoms with Crippen LogP contribution in [-0.2, 0) is 9.53 Å². The van der Waals surface area contributed by atoms with Crippen molar-refractivity contribution in [2.75, 3.05) is 59.0 Å². The predicted octanol–water partition coefficient (Wildman–Crippen LogP) is -0.0963. The molecule has 25 heavy (non-hydrogen) atoms. The molecule has 3 fully saturated rings. The maximum atomic E-state index is 12.6. The lowest BCUT2D eigenvalue weighted by Gasteiger charge is -2.36. The minimum Gasteiger partial charge on any atom is -0.379 e. The quantitative estimate of drug-likeness (QED) is 0.823. The van der Waals surface area contributed by atoms with Crippen LogP contribution in [0.5, 0.6) is 0 Å². The molecule has 1 aromatic rings. The Hall–Kier alpha value is -1.93. The number of rotatable bonds is 4. The van der Waals surface area contributed by atoms with Crippen LogP contribution in [0.25, 0.3) is 0 Å². The van der Waals surface area contributed by atoms with Crippen molar-refractivity contribution in [1.29, 1.82) is 0 Å². The van der Waals surface area contributed by atoms with Crippen LogP contribution in [0.1, 0.15) is 34.9 Å². The number of hydrogen-bond acceptors (Lipinski definition) is 5. The van der Waals surface area contributed by atoms with Gasteiger partial charge in [0.15, 0.2) is 0 Å². The van der Waals surface area contributed by atoms with Gasteiger partial charge in [-0.3, -0.25) is 19.6 Å². The van der Waals surface area contributed by atoms with Crippen LogP contribution < -0.4 is 0 Å². The minimum absolute atomic E-state index is 0.0385. The van der Waals surface area contributed by atoms with Crippen molar-refractivity contribution in [3.8, 4) is 0 Å². The molecule has 0 unspecified atom stereocenters. The zero-order valence-corrected chi connectivity index (χ0v) is 14.4. The summed E-state index contributed by atoms with van der Waals surface area (Å²) < 4.78 is 5.31. The zero-order chi connectivity index (χ0) is 17.2. The topological polar surface area (TPSA) is 81.8 Å². The van der Waals surface area contributed by atoms with Crippen LogP contribution >= 0.6 is 0 Å². The van der Waals surface area contributed by atoms with Gasteiger partial charge in [0.2, 0.25) is 5.91 Å². The van der Waals surface area contributed by atoms with Gasteiger partial charge in [-0.05, 0) is 18.9 Å². The molecule has 0 atom stereocenters. The smallest absolute Gasteiger partial charge is 0.274 e. The SMILES string of the molecule is O=C(CN1CCOCC1)N1CCN(C(=O)c2cc(C3CC3)[nH]n2)CC1. The summed E-state index contributed by atoms with van der Waals surface area (Å²) in [5, 5.41) is 7.15. The first-order valence-corrected chi connectivity index (χ1v) is 9.13. The number of amides is 2. The molecule has 8 nitrogen and oxygen atoms in total. The molecule has 0 bridgehead atoms. The number of H-pyrrole nitrogens is 1. The second kappa shape index (κ2) is 7.13. The molecule has 2 aliphatic heterocycles. The van der Waals surface area contributed by atoms with Gasteiger partial charge in [-0.2, -0.15) is 5.10 Å². The van der Waals surface area contributed by atoms with Gasteiger partial charge in [0.1, 0.15) is 5.69 Å². The summed E-state index contributed by atoms with van der Waals surface area (Å²) >= 11 is 0. The van der Waals surface area contributed by atoms with Crippen LogP contribution in [0.4, 0.5) is 0 Å². The molecule has 2 saturated heterocycles. The van der Waals surface area contributed by atoms with Crippen LogP contribution in [0.2, 0.25) is 0 Å². The lowest BCUT2D eigenvalue weighted by Crippen LogP contribution is -2.53. The Kier molecular flexibility index (Phi) is 4.72. The van der Waals surface area contributed by atoms with E-state index in [9.17, 15) is 9.59 Å². The molecule has 1 N–H and O–H groups in total. The molecule has 136 valence electrons. The number of nitrogens with one attached hydrogen (secondary N) is 1. The molecule has 3 heterocycles. The van der Waals surface area contributed by atoms with Crippen LogP contribution in [0, 0.1) is 0 Å². The van der Waals surface area contributed by atoms with Gasteiger partial charge in [-0.15, -0.1) is 0 Å². The normalized spacial score (nSPS) is 22.2. The highest BCUT2D eigenvalue weighted by Gasteiger charge is 2.30. The molecule has 2 amide bonds.